The molecule has 0 amide bonds. The molecule has 0 bridgehead atoms. The van der Waals surface area contributed by atoms with E-state index in [0.717, 1.165) is 0 Å². The predicted octanol–water partition coefficient (Wildman–Crippen LogP) is 2.26. The summed E-state index contributed by atoms with van der Waals surface area (Å²) in [6, 6.07) is 0. The first-order valence-electron chi connectivity index (χ1n) is 8.88. The zero-order valence-electron chi connectivity index (χ0n) is 15.4. The summed E-state index contributed by atoms with van der Waals surface area (Å²) in [5.41, 5.74) is 0.364. The minimum absolute atomic E-state index is 0.0660. The van der Waals surface area contributed by atoms with Gasteiger partial charge in [-0.25, -0.2) is 0 Å². The van der Waals surface area contributed by atoms with Gasteiger partial charge >= 0.3 is 0 Å². The number of hydrogen-bond donors (Lipinski definition) is 0. The fourth-order valence-electron chi connectivity index (χ4n) is 3.91. The number of carbonyl (C=O) groups is 2. The highest BCUT2D eigenvalue weighted by Gasteiger charge is 2.41. The molecule has 0 spiro atoms. The Labute approximate surface area is 163 Å². The smallest absolute Gasteiger partial charge is 0.224 e. The van der Waals surface area contributed by atoms with Gasteiger partial charge in [-0.05, 0) is 27.7 Å². The second kappa shape index (κ2) is 7.50. The van der Waals surface area contributed by atoms with Crippen LogP contribution in [0, 0.1) is 0 Å². The molecule has 2 saturated heterocycles. The average Bonchev–Trinajstić information content (AvgIpc) is 2.51. The van der Waals surface area contributed by atoms with Crippen molar-refractivity contribution in [2.75, 3.05) is 26.2 Å². The molecule has 6 nitrogen and oxygen atoms in total. The second-order valence-electron chi connectivity index (χ2n) is 7.31. The molecule has 0 aromatic carbocycles. The van der Waals surface area contributed by atoms with Gasteiger partial charge in [0.1, 0.15) is 21.5 Å². The average molecular weight is 403 g/mol. The van der Waals surface area contributed by atoms with Gasteiger partial charge in [-0.1, -0.05) is 23.2 Å². The minimum Gasteiger partial charge on any atom is -0.372 e. The summed E-state index contributed by atoms with van der Waals surface area (Å²) >= 11 is 12.8. The van der Waals surface area contributed by atoms with Gasteiger partial charge in [0.2, 0.25) is 11.6 Å². The van der Waals surface area contributed by atoms with E-state index in [2.05, 4.69) is 0 Å². The van der Waals surface area contributed by atoms with Gasteiger partial charge in [0.15, 0.2) is 0 Å². The number of rotatable bonds is 2. The maximum atomic E-state index is 13.0. The predicted molar refractivity (Wildman–Crippen MR) is 98.9 cm³/mol. The molecule has 2 aliphatic heterocycles. The highest BCUT2D eigenvalue weighted by atomic mass is 35.5. The maximum Gasteiger partial charge on any atom is 0.224 e. The Bertz CT molecular complexity index is 613. The summed E-state index contributed by atoms with van der Waals surface area (Å²) in [6.07, 6.45) is -0.264. The van der Waals surface area contributed by atoms with E-state index < -0.39 is 11.6 Å². The van der Waals surface area contributed by atoms with Gasteiger partial charge in [0.05, 0.1) is 24.4 Å². The van der Waals surface area contributed by atoms with Crippen LogP contribution in [0.3, 0.4) is 0 Å². The van der Waals surface area contributed by atoms with Crippen LogP contribution in [0.5, 0.6) is 0 Å². The van der Waals surface area contributed by atoms with Crippen LogP contribution >= 0.6 is 23.2 Å². The lowest BCUT2D eigenvalue weighted by Gasteiger charge is -2.41. The molecular formula is C18H24Cl2N2O4. The van der Waals surface area contributed by atoms with E-state index in [4.69, 9.17) is 32.7 Å². The highest BCUT2D eigenvalue weighted by Crippen LogP contribution is 2.35. The van der Waals surface area contributed by atoms with E-state index in [0.29, 0.717) is 26.2 Å². The molecule has 2 fully saturated rings. The minimum atomic E-state index is -0.403. The van der Waals surface area contributed by atoms with Crippen molar-refractivity contribution in [1.29, 1.82) is 0 Å². The molecule has 3 aliphatic rings. The molecule has 0 unspecified atom stereocenters. The number of hydrogen-bond acceptors (Lipinski definition) is 6. The number of Topliss-reactive ketones (excluding diaryl/α,β-unsaturated/α-hetero) is 2. The molecule has 0 aromatic heterocycles. The molecule has 3 rings (SSSR count). The third-order valence-corrected chi connectivity index (χ3v) is 5.42. The van der Waals surface area contributed by atoms with Crippen molar-refractivity contribution >= 4 is 34.8 Å². The van der Waals surface area contributed by atoms with Gasteiger partial charge in [0.25, 0.3) is 0 Å². The standard InChI is InChI=1S/C18H24Cl2N2O4/c1-9-5-21(6-10(2)25-9)15-13(19)18(24)16(14(20)17(15)23)22-7-11(3)26-12(4)8-22/h9-12H,5-8H2,1-4H3/t9-,10-,11-,12+/m1/s1. The molecular weight excluding hydrogens is 379 g/mol. The summed E-state index contributed by atoms with van der Waals surface area (Å²) in [4.78, 5) is 29.6. The highest BCUT2D eigenvalue weighted by molar-refractivity contribution is 6.55. The van der Waals surface area contributed by atoms with Gasteiger partial charge in [-0.3, -0.25) is 9.59 Å². The first kappa shape index (κ1) is 19.7. The number of nitrogens with zero attached hydrogens (tertiary/aromatic N) is 2. The normalized spacial score (nSPS) is 34.1. The van der Waals surface area contributed by atoms with Crippen molar-refractivity contribution in [1.82, 2.24) is 9.80 Å². The largest absolute Gasteiger partial charge is 0.372 e. The Morgan fingerprint density at radius 1 is 0.692 bits per heavy atom. The Morgan fingerprint density at radius 3 is 1.23 bits per heavy atom. The molecule has 0 aromatic rings. The maximum absolute atomic E-state index is 13.0. The zero-order chi connectivity index (χ0) is 19.2. The molecule has 144 valence electrons. The van der Waals surface area contributed by atoms with Crippen molar-refractivity contribution in [2.45, 2.75) is 52.1 Å². The summed E-state index contributed by atoms with van der Waals surface area (Å²) < 4.78 is 11.4. The summed E-state index contributed by atoms with van der Waals surface area (Å²) in [6.45, 7) is 9.63. The van der Waals surface area contributed by atoms with Crippen LogP contribution in [0.4, 0.5) is 0 Å². The fraction of sp³-hybridized carbons (Fsp3) is 0.667. The third-order valence-electron chi connectivity index (χ3n) is 4.72. The van der Waals surface area contributed by atoms with Crippen LogP contribution in [-0.2, 0) is 19.1 Å². The van der Waals surface area contributed by atoms with Gasteiger partial charge < -0.3 is 19.3 Å². The fourth-order valence-corrected chi connectivity index (χ4v) is 4.50. The van der Waals surface area contributed by atoms with Crippen LogP contribution < -0.4 is 0 Å². The van der Waals surface area contributed by atoms with Crippen molar-refractivity contribution in [3.8, 4) is 0 Å². The Kier molecular flexibility index (Phi) is 5.68. The van der Waals surface area contributed by atoms with E-state index in [-0.39, 0.29) is 45.9 Å². The molecule has 26 heavy (non-hydrogen) atoms. The Morgan fingerprint density at radius 2 is 0.962 bits per heavy atom. The van der Waals surface area contributed by atoms with Crippen LogP contribution in [0.25, 0.3) is 0 Å². The zero-order valence-corrected chi connectivity index (χ0v) is 16.9. The lowest BCUT2D eigenvalue weighted by Crippen LogP contribution is -2.50. The van der Waals surface area contributed by atoms with Gasteiger partial charge in [-0.2, -0.15) is 0 Å². The summed E-state index contributed by atoms with van der Waals surface area (Å²) in [5, 5.41) is -0.134. The van der Waals surface area contributed by atoms with Crippen molar-refractivity contribution < 1.29 is 19.1 Å². The molecule has 0 saturated carbocycles. The molecule has 0 radical (unpaired) electrons. The van der Waals surface area contributed by atoms with Crippen LogP contribution in [0.1, 0.15) is 27.7 Å². The first-order chi connectivity index (χ1) is 12.2. The van der Waals surface area contributed by atoms with E-state index in [1.807, 2.05) is 37.5 Å². The van der Waals surface area contributed by atoms with Crippen LogP contribution in [-0.4, -0.2) is 72.0 Å². The van der Waals surface area contributed by atoms with E-state index in [1.165, 1.54) is 0 Å². The van der Waals surface area contributed by atoms with Crippen LogP contribution in [0.2, 0.25) is 0 Å². The topological polar surface area (TPSA) is 59.1 Å². The van der Waals surface area contributed by atoms with E-state index in [1.54, 1.807) is 0 Å². The summed E-state index contributed by atoms with van der Waals surface area (Å²) in [5.74, 6) is -0.807. The summed E-state index contributed by atoms with van der Waals surface area (Å²) in [7, 11) is 0. The Hall–Kier alpha value is -1.08. The second-order valence-corrected chi connectivity index (χ2v) is 8.06. The molecule has 2 heterocycles. The van der Waals surface area contributed by atoms with Crippen molar-refractivity contribution in [3.05, 3.63) is 21.5 Å². The van der Waals surface area contributed by atoms with E-state index in [9.17, 15) is 9.59 Å². The molecule has 8 heteroatoms. The molecule has 4 atom stereocenters. The van der Waals surface area contributed by atoms with Crippen molar-refractivity contribution in [3.63, 3.8) is 0 Å². The number of carbonyl (C=O) groups excluding carboxylic acids is 2. The lowest BCUT2D eigenvalue weighted by molar-refractivity contribution is -0.121. The number of morpholine rings is 2. The SMILES string of the molecule is C[C@@H]1CN(C2=C(Cl)C(=O)C(N3C[C@@H](C)O[C@@H](C)C3)=C(Cl)C2=O)C[C@@H](C)O1. The Balaban J connectivity index is 1.92. The number of allylic oxidation sites excluding steroid dienone is 2. The molecule has 1 aliphatic carbocycles. The molecule has 0 N–H and O–H groups in total. The van der Waals surface area contributed by atoms with Crippen molar-refractivity contribution in [2.24, 2.45) is 0 Å². The van der Waals surface area contributed by atoms with E-state index >= 15 is 0 Å². The van der Waals surface area contributed by atoms with Crippen LogP contribution in [0.15, 0.2) is 21.5 Å². The monoisotopic (exact) mass is 402 g/mol. The number of ether oxygens (including phenoxy) is 2. The first-order valence-corrected chi connectivity index (χ1v) is 9.64. The van der Waals surface area contributed by atoms with Gasteiger partial charge in [-0.15, -0.1) is 0 Å². The number of halogens is 2. The quantitative estimate of drug-likeness (QED) is 0.660. The lowest BCUT2D eigenvalue weighted by atomic mass is 10.0. The third kappa shape index (κ3) is 3.65. The van der Waals surface area contributed by atoms with Gasteiger partial charge in [0, 0.05) is 26.2 Å². The number of ketones is 2.